The monoisotopic (exact) mass is 410 g/mol. The molecule has 3 aromatic carbocycles. The molecule has 0 saturated heterocycles. The standard InChI is InChI=1S/C21H14ClNO2S2/c22-19-13-21(23-20-10-9-17(27(24)25)12-18(19)20)14-5-4-8-16(11-14)26-15-6-2-1-3-7-15/h1-13H,(H,24,25)/p-1. The van der Waals surface area contributed by atoms with Crippen LogP contribution in [-0.4, -0.2) is 13.7 Å². The van der Waals surface area contributed by atoms with Gasteiger partial charge >= 0.3 is 0 Å². The quantitative estimate of drug-likeness (QED) is 0.390. The van der Waals surface area contributed by atoms with E-state index >= 15 is 0 Å². The molecule has 0 spiro atoms. The van der Waals surface area contributed by atoms with Gasteiger partial charge in [0, 0.05) is 25.6 Å². The number of aromatic nitrogens is 1. The average Bonchev–Trinajstić information content (AvgIpc) is 2.68. The highest BCUT2D eigenvalue weighted by Crippen LogP contribution is 2.33. The number of nitrogens with zero attached hydrogens (tertiary/aromatic N) is 1. The summed E-state index contributed by atoms with van der Waals surface area (Å²) < 4.78 is 22.3. The summed E-state index contributed by atoms with van der Waals surface area (Å²) in [4.78, 5) is 7.12. The lowest BCUT2D eigenvalue weighted by molar-refractivity contribution is 0.537. The van der Waals surface area contributed by atoms with Gasteiger partial charge in [-0.1, -0.05) is 53.7 Å². The average molecular weight is 411 g/mol. The van der Waals surface area contributed by atoms with E-state index in [-0.39, 0.29) is 4.90 Å². The fraction of sp³-hybridized carbons (Fsp3) is 0. The van der Waals surface area contributed by atoms with E-state index in [0.29, 0.717) is 15.9 Å². The second-order valence-electron chi connectivity index (χ2n) is 5.85. The Balaban J connectivity index is 1.73. The Morgan fingerprint density at radius 1 is 0.889 bits per heavy atom. The summed E-state index contributed by atoms with van der Waals surface area (Å²) in [6, 6.07) is 24.8. The van der Waals surface area contributed by atoms with Gasteiger partial charge in [0.05, 0.1) is 16.2 Å². The van der Waals surface area contributed by atoms with E-state index in [1.165, 1.54) is 6.07 Å². The lowest BCUT2D eigenvalue weighted by Gasteiger charge is -2.10. The van der Waals surface area contributed by atoms with Gasteiger partial charge < -0.3 is 4.55 Å². The lowest BCUT2D eigenvalue weighted by Crippen LogP contribution is -1.91. The van der Waals surface area contributed by atoms with Crippen molar-refractivity contribution < 1.29 is 8.76 Å². The van der Waals surface area contributed by atoms with Crippen molar-refractivity contribution in [3.8, 4) is 11.3 Å². The first kappa shape index (κ1) is 18.2. The molecule has 6 heteroatoms. The maximum Gasteiger partial charge on any atom is 0.0725 e. The predicted octanol–water partition coefficient (Wildman–Crippen LogP) is 5.94. The molecule has 0 saturated carbocycles. The minimum absolute atomic E-state index is 0.195. The molecule has 4 rings (SSSR count). The van der Waals surface area contributed by atoms with Crippen LogP contribution in [0.15, 0.2) is 93.5 Å². The number of halogens is 1. The van der Waals surface area contributed by atoms with Gasteiger partial charge in [-0.2, -0.15) is 0 Å². The van der Waals surface area contributed by atoms with Crippen molar-refractivity contribution in [3.05, 3.63) is 83.9 Å². The largest absolute Gasteiger partial charge is 0.768 e. The Labute approximate surface area is 168 Å². The minimum Gasteiger partial charge on any atom is -0.768 e. The van der Waals surface area contributed by atoms with Crippen LogP contribution in [0.1, 0.15) is 0 Å². The third kappa shape index (κ3) is 4.06. The lowest BCUT2D eigenvalue weighted by atomic mass is 10.1. The van der Waals surface area contributed by atoms with Crippen LogP contribution in [0.4, 0.5) is 0 Å². The Morgan fingerprint density at radius 3 is 2.44 bits per heavy atom. The summed E-state index contributed by atoms with van der Waals surface area (Å²) in [6.45, 7) is 0. The fourth-order valence-corrected chi connectivity index (χ4v) is 4.30. The number of fused-ring (bicyclic) bond motifs is 1. The Hall–Kier alpha value is -2.18. The highest BCUT2D eigenvalue weighted by Gasteiger charge is 2.09. The van der Waals surface area contributed by atoms with Gasteiger partial charge in [0.2, 0.25) is 0 Å². The van der Waals surface area contributed by atoms with Gasteiger partial charge in [-0.05, 0) is 59.6 Å². The molecular formula is C21H13ClNO2S2-. The van der Waals surface area contributed by atoms with E-state index in [1.807, 2.05) is 30.3 Å². The third-order valence-corrected chi connectivity index (χ3v) is 5.98. The molecule has 27 heavy (non-hydrogen) atoms. The summed E-state index contributed by atoms with van der Waals surface area (Å²) in [5.41, 5.74) is 2.36. The molecule has 1 heterocycles. The van der Waals surface area contributed by atoms with E-state index in [4.69, 9.17) is 11.6 Å². The van der Waals surface area contributed by atoms with Crippen LogP contribution in [0.2, 0.25) is 5.02 Å². The summed E-state index contributed by atoms with van der Waals surface area (Å²) in [5, 5.41) is 1.10. The highest BCUT2D eigenvalue weighted by molar-refractivity contribution is 7.99. The first-order chi connectivity index (χ1) is 13.1. The van der Waals surface area contributed by atoms with Crippen molar-refractivity contribution in [3.63, 3.8) is 0 Å². The SMILES string of the molecule is O=S([O-])c1ccc2nc(-c3cccc(Sc4ccccc4)c3)cc(Cl)c2c1. The normalized spacial score (nSPS) is 12.2. The van der Waals surface area contributed by atoms with E-state index < -0.39 is 11.1 Å². The third-order valence-electron chi connectivity index (χ3n) is 4.03. The zero-order valence-electron chi connectivity index (χ0n) is 14.0. The molecule has 0 fully saturated rings. The number of hydrogen-bond acceptors (Lipinski definition) is 4. The molecule has 1 atom stereocenters. The summed E-state index contributed by atoms with van der Waals surface area (Å²) in [5.74, 6) is 0. The van der Waals surface area contributed by atoms with Crippen LogP contribution >= 0.6 is 23.4 Å². The molecule has 134 valence electrons. The van der Waals surface area contributed by atoms with Crippen LogP contribution in [0.3, 0.4) is 0 Å². The van der Waals surface area contributed by atoms with Crippen LogP contribution in [0.25, 0.3) is 22.2 Å². The van der Waals surface area contributed by atoms with Crippen molar-refractivity contribution >= 4 is 45.3 Å². The van der Waals surface area contributed by atoms with E-state index in [2.05, 4.69) is 29.2 Å². The van der Waals surface area contributed by atoms with Gasteiger partial charge in [-0.15, -0.1) is 0 Å². The maximum absolute atomic E-state index is 11.2. The highest BCUT2D eigenvalue weighted by atomic mass is 35.5. The zero-order chi connectivity index (χ0) is 18.8. The molecule has 0 amide bonds. The molecule has 0 bridgehead atoms. The molecule has 0 aliphatic rings. The van der Waals surface area contributed by atoms with Gasteiger partial charge in [0.15, 0.2) is 0 Å². The first-order valence-corrected chi connectivity index (χ1v) is 10.4. The Bertz CT molecular complexity index is 1150. The van der Waals surface area contributed by atoms with Crippen LogP contribution in [0.5, 0.6) is 0 Å². The summed E-state index contributed by atoms with van der Waals surface area (Å²) >= 11 is 5.80. The molecule has 0 radical (unpaired) electrons. The molecule has 4 aromatic rings. The zero-order valence-corrected chi connectivity index (χ0v) is 16.4. The van der Waals surface area contributed by atoms with E-state index in [1.54, 1.807) is 30.0 Å². The van der Waals surface area contributed by atoms with Crippen molar-refractivity contribution in [2.75, 3.05) is 0 Å². The summed E-state index contributed by atoms with van der Waals surface area (Å²) in [6.07, 6.45) is 0. The second-order valence-corrected chi connectivity index (χ2v) is 8.34. The summed E-state index contributed by atoms with van der Waals surface area (Å²) in [7, 11) is 0. The number of hydrogen-bond donors (Lipinski definition) is 0. The van der Waals surface area contributed by atoms with Crippen molar-refractivity contribution in [1.82, 2.24) is 4.98 Å². The molecule has 0 aliphatic carbocycles. The molecule has 1 unspecified atom stereocenters. The Kier molecular flexibility index (Phi) is 5.27. The van der Waals surface area contributed by atoms with Crippen molar-refractivity contribution in [2.24, 2.45) is 0 Å². The number of rotatable bonds is 4. The minimum atomic E-state index is -2.30. The molecule has 0 N–H and O–H groups in total. The van der Waals surface area contributed by atoms with Gasteiger partial charge in [-0.3, -0.25) is 4.21 Å². The topological polar surface area (TPSA) is 53.0 Å². The Morgan fingerprint density at radius 2 is 1.67 bits per heavy atom. The van der Waals surface area contributed by atoms with Gasteiger partial charge in [0.25, 0.3) is 0 Å². The van der Waals surface area contributed by atoms with Gasteiger partial charge in [-0.25, -0.2) is 4.98 Å². The van der Waals surface area contributed by atoms with E-state index in [0.717, 1.165) is 21.0 Å². The number of benzene rings is 3. The van der Waals surface area contributed by atoms with Gasteiger partial charge in [0.1, 0.15) is 0 Å². The molecular weight excluding hydrogens is 398 g/mol. The number of pyridine rings is 1. The molecule has 0 aliphatic heterocycles. The maximum atomic E-state index is 11.2. The molecule has 3 nitrogen and oxygen atoms in total. The van der Waals surface area contributed by atoms with Crippen molar-refractivity contribution in [1.29, 1.82) is 0 Å². The second kappa shape index (κ2) is 7.82. The van der Waals surface area contributed by atoms with Crippen LogP contribution in [-0.2, 0) is 11.1 Å². The van der Waals surface area contributed by atoms with Crippen LogP contribution in [0, 0.1) is 0 Å². The first-order valence-electron chi connectivity index (χ1n) is 8.13. The van der Waals surface area contributed by atoms with Crippen LogP contribution < -0.4 is 0 Å². The smallest absolute Gasteiger partial charge is 0.0725 e. The van der Waals surface area contributed by atoms with Crippen molar-refractivity contribution in [2.45, 2.75) is 14.7 Å². The van der Waals surface area contributed by atoms with E-state index in [9.17, 15) is 8.76 Å². The molecule has 1 aromatic heterocycles. The fourth-order valence-electron chi connectivity index (χ4n) is 2.76. The predicted molar refractivity (Wildman–Crippen MR) is 110 cm³/mol.